The van der Waals surface area contributed by atoms with Crippen LogP contribution < -0.4 is 10.1 Å². The van der Waals surface area contributed by atoms with Gasteiger partial charge in [-0.2, -0.15) is 0 Å². The number of rotatable bonds is 5. The molecule has 0 spiro atoms. The van der Waals surface area contributed by atoms with Gasteiger partial charge < -0.3 is 14.6 Å². The maximum absolute atomic E-state index is 5.38. The average molecular weight is 409 g/mol. The first-order chi connectivity index (χ1) is 15.1. The van der Waals surface area contributed by atoms with Crippen molar-refractivity contribution in [3.8, 4) is 16.9 Å². The monoisotopic (exact) mass is 408 g/mol. The molecule has 0 unspecified atom stereocenters. The summed E-state index contributed by atoms with van der Waals surface area (Å²) in [5.41, 5.74) is 7.31. The number of nitrogens with one attached hydrogen (secondary N) is 1. The molecule has 5 nitrogen and oxygen atoms in total. The molecule has 5 aromatic rings. The van der Waals surface area contributed by atoms with Crippen LogP contribution >= 0.6 is 0 Å². The maximum atomic E-state index is 5.38. The Kier molecular flexibility index (Phi) is 4.79. The Morgan fingerprint density at radius 3 is 2.71 bits per heavy atom. The number of benzene rings is 3. The molecular formula is C26H24N4O. The minimum atomic E-state index is 0.104. The second-order valence-electron chi connectivity index (χ2n) is 7.79. The van der Waals surface area contributed by atoms with E-state index in [-0.39, 0.29) is 6.04 Å². The largest absolute Gasteiger partial charge is 0.497 e. The third-order valence-corrected chi connectivity index (χ3v) is 5.75. The molecule has 31 heavy (non-hydrogen) atoms. The number of fused-ring (bicyclic) bond motifs is 2. The minimum absolute atomic E-state index is 0.104. The van der Waals surface area contributed by atoms with Crippen LogP contribution in [0.4, 0.5) is 5.69 Å². The van der Waals surface area contributed by atoms with Gasteiger partial charge in [-0.25, -0.2) is 0 Å². The molecular weight excluding hydrogens is 384 g/mol. The molecule has 0 aliphatic heterocycles. The van der Waals surface area contributed by atoms with Crippen molar-refractivity contribution in [2.45, 2.75) is 13.0 Å². The molecule has 3 aromatic carbocycles. The lowest BCUT2D eigenvalue weighted by Gasteiger charge is -2.18. The molecule has 2 aromatic heterocycles. The Balaban J connectivity index is 1.59. The molecule has 5 rings (SSSR count). The predicted octanol–water partition coefficient (Wildman–Crippen LogP) is 5.97. The molecule has 0 saturated carbocycles. The number of hydrogen-bond acceptors (Lipinski definition) is 4. The van der Waals surface area contributed by atoms with Gasteiger partial charge in [0.05, 0.1) is 18.1 Å². The van der Waals surface area contributed by atoms with Crippen LogP contribution in [0.3, 0.4) is 0 Å². The second kappa shape index (κ2) is 7.76. The zero-order valence-corrected chi connectivity index (χ0v) is 17.8. The van der Waals surface area contributed by atoms with E-state index in [0.29, 0.717) is 0 Å². The molecule has 1 atom stereocenters. The van der Waals surface area contributed by atoms with Crippen molar-refractivity contribution >= 4 is 27.6 Å². The van der Waals surface area contributed by atoms with Crippen LogP contribution in [0.1, 0.15) is 18.5 Å². The number of ether oxygens (including phenoxy) is 1. The van der Waals surface area contributed by atoms with Crippen molar-refractivity contribution in [3.63, 3.8) is 0 Å². The van der Waals surface area contributed by atoms with E-state index >= 15 is 0 Å². The summed E-state index contributed by atoms with van der Waals surface area (Å²) >= 11 is 0. The molecule has 0 radical (unpaired) electrons. The van der Waals surface area contributed by atoms with E-state index < -0.39 is 0 Å². The first-order valence-electron chi connectivity index (χ1n) is 10.3. The molecule has 0 aliphatic carbocycles. The van der Waals surface area contributed by atoms with Crippen molar-refractivity contribution in [2.24, 2.45) is 7.05 Å². The summed E-state index contributed by atoms with van der Waals surface area (Å²) in [6.45, 7) is 2.14. The van der Waals surface area contributed by atoms with Gasteiger partial charge >= 0.3 is 0 Å². The van der Waals surface area contributed by atoms with Crippen LogP contribution in [0.15, 0.2) is 79.3 Å². The van der Waals surface area contributed by atoms with Gasteiger partial charge in [0.2, 0.25) is 0 Å². The fourth-order valence-electron chi connectivity index (χ4n) is 4.05. The Hall–Kier alpha value is -3.86. The number of anilines is 1. The zero-order valence-electron chi connectivity index (χ0n) is 17.8. The summed E-state index contributed by atoms with van der Waals surface area (Å²) < 4.78 is 7.52. The van der Waals surface area contributed by atoms with E-state index in [1.807, 2.05) is 12.1 Å². The van der Waals surface area contributed by atoms with Crippen molar-refractivity contribution in [2.75, 3.05) is 12.4 Å². The number of aryl methyl sites for hydroxylation is 1. The predicted molar refractivity (Wildman–Crippen MR) is 126 cm³/mol. The van der Waals surface area contributed by atoms with Gasteiger partial charge in [0.15, 0.2) is 0 Å². The SMILES string of the molecule is COc1cccc([C@H](C)Nc2cc(-c3ccc4ccn(C)c4c3)c3nccnc3c2)c1. The van der Waals surface area contributed by atoms with Crippen molar-refractivity contribution in [1.82, 2.24) is 14.5 Å². The van der Waals surface area contributed by atoms with Gasteiger partial charge in [-0.15, -0.1) is 0 Å². The van der Waals surface area contributed by atoms with E-state index in [0.717, 1.165) is 39.2 Å². The van der Waals surface area contributed by atoms with E-state index in [1.54, 1.807) is 19.5 Å². The summed E-state index contributed by atoms with van der Waals surface area (Å²) in [7, 11) is 3.76. The fourth-order valence-corrected chi connectivity index (χ4v) is 4.05. The van der Waals surface area contributed by atoms with Crippen LogP contribution in [0.25, 0.3) is 33.1 Å². The van der Waals surface area contributed by atoms with Gasteiger partial charge in [0.25, 0.3) is 0 Å². The van der Waals surface area contributed by atoms with E-state index in [9.17, 15) is 0 Å². The number of aromatic nitrogens is 3. The highest BCUT2D eigenvalue weighted by atomic mass is 16.5. The van der Waals surface area contributed by atoms with Crippen LogP contribution in [-0.2, 0) is 7.05 Å². The summed E-state index contributed by atoms with van der Waals surface area (Å²) in [6.07, 6.45) is 5.57. The lowest BCUT2D eigenvalue weighted by molar-refractivity contribution is 0.414. The Bertz CT molecular complexity index is 1390. The Labute approximate surface area is 181 Å². The van der Waals surface area contributed by atoms with Gasteiger partial charge in [0.1, 0.15) is 5.75 Å². The van der Waals surface area contributed by atoms with E-state index in [4.69, 9.17) is 4.74 Å². The highest BCUT2D eigenvalue weighted by molar-refractivity contribution is 5.97. The van der Waals surface area contributed by atoms with E-state index in [1.165, 1.54) is 10.9 Å². The Morgan fingerprint density at radius 1 is 0.968 bits per heavy atom. The van der Waals surface area contributed by atoms with Gasteiger partial charge in [0, 0.05) is 48.4 Å². The molecule has 0 saturated heterocycles. The summed E-state index contributed by atoms with van der Waals surface area (Å²) in [5, 5.41) is 4.85. The lowest BCUT2D eigenvalue weighted by atomic mass is 10.0. The standard InChI is InChI=1S/C26H24N4O/c1-17(19-5-4-6-22(13-19)31-3)29-21-15-23(26-24(16-21)27-10-11-28-26)20-8-7-18-9-12-30(2)25(18)14-20/h4-17,29H,1-3H3/t17-/m0/s1. The molecule has 2 heterocycles. The third kappa shape index (κ3) is 3.59. The quantitative estimate of drug-likeness (QED) is 0.389. The maximum Gasteiger partial charge on any atom is 0.119 e. The fraction of sp³-hybridized carbons (Fsp3) is 0.154. The van der Waals surface area contributed by atoms with Gasteiger partial charge in [-0.1, -0.05) is 24.3 Å². The average Bonchev–Trinajstić information content (AvgIpc) is 3.18. The van der Waals surface area contributed by atoms with E-state index in [2.05, 4.69) is 88.6 Å². The van der Waals surface area contributed by atoms with Crippen LogP contribution in [-0.4, -0.2) is 21.6 Å². The molecule has 0 aliphatic rings. The smallest absolute Gasteiger partial charge is 0.119 e. The summed E-state index contributed by atoms with van der Waals surface area (Å²) in [5.74, 6) is 0.854. The highest BCUT2D eigenvalue weighted by Gasteiger charge is 2.13. The van der Waals surface area contributed by atoms with Crippen LogP contribution in [0.5, 0.6) is 5.75 Å². The summed E-state index contributed by atoms with van der Waals surface area (Å²) in [6, 6.07) is 21.1. The van der Waals surface area contributed by atoms with Crippen LogP contribution in [0.2, 0.25) is 0 Å². The normalized spacial score (nSPS) is 12.2. The molecule has 0 fully saturated rings. The Morgan fingerprint density at radius 2 is 1.84 bits per heavy atom. The molecule has 0 bridgehead atoms. The van der Waals surface area contributed by atoms with Gasteiger partial charge in [-0.3, -0.25) is 9.97 Å². The minimum Gasteiger partial charge on any atom is -0.497 e. The number of hydrogen-bond donors (Lipinski definition) is 1. The van der Waals surface area contributed by atoms with Crippen molar-refractivity contribution in [3.05, 3.63) is 84.8 Å². The van der Waals surface area contributed by atoms with Crippen molar-refractivity contribution < 1.29 is 4.74 Å². The highest BCUT2D eigenvalue weighted by Crippen LogP contribution is 2.33. The lowest BCUT2D eigenvalue weighted by Crippen LogP contribution is -2.07. The summed E-state index contributed by atoms with van der Waals surface area (Å²) in [4.78, 5) is 9.21. The third-order valence-electron chi connectivity index (χ3n) is 5.75. The van der Waals surface area contributed by atoms with Crippen LogP contribution in [0, 0.1) is 0 Å². The first kappa shape index (κ1) is 19.1. The van der Waals surface area contributed by atoms with Gasteiger partial charge in [-0.05, 0) is 59.8 Å². The number of methoxy groups -OCH3 is 1. The molecule has 0 amide bonds. The first-order valence-corrected chi connectivity index (χ1v) is 10.3. The zero-order chi connectivity index (χ0) is 21.4. The molecule has 5 heteroatoms. The van der Waals surface area contributed by atoms with Crippen molar-refractivity contribution in [1.29, 1.82) is 0 Å². The molecule has 1 N–H and O–H groups in total. The topological polar surface area (TPSA) is 52.0 Å². The second-order valence-corrected chi connectivity index (χ2v) is 7.79. The number of nitrogens with zero attached hydrogens (tertiary/aromatic N) is 3. The molecule has 154 valence electrons.